The Balaban J connectivity index is -0.000000144. The van der Waals surface area contributed by atoms with Gasteiger partial charge >= 0.3 is 0 Å². The van der Waals surface area contributed by atoms with Crippen LogP contribution in [-0.2, 0) is 0 Å². The molecule has 1 aromatic rings. The molecule has 0 saturated heterocycles. The molecular formula is C13H24. The average molecular weight is 180 g/mol. The molecule has 0 amide bonds. The molecule has 0 heterocycles. The van der Waals surface area contributed by atoms with Gasteiger partial charge in [0.1, 0.15) is 0 Å². The molecule has 1 rings (SSSR count). The zero-order valence-corrected chi connectivity index (χ0v) is 9.80. The van der Waals surface area contributed by atoms with E-state index in [0.717, 1.165) is 0 Å². The summed E-state index contributed by atoms with van der Waals surface area (Å²) in [5.74, 6) is 0. The predicted molar refractivity (Wildman–Crippen MR) is 65.1 cm³/mol. The Morgan fingerprint density at radius 3 is 1.23 bits per heavy atom. The van der Waals surface area contributed by atoms with E-state index >= 15 is 0 Å². The molecule has 0 aliphatic heterocycles. The Hall–Kier alpha value is -1.04. The second kappa shape index (κ2) is 22.4. The molecule has 0 atom stereocenters. The van der Waals surface area contributed by atoms with Gasteiger partial charge in [-0.25, -0.2) is 0 Å². The van der Waals surface area contributed by atoms with Gasteiger partial charge in [-0.2, -0.15) is 0 Å². The van der Waals surface area contributed by atoms with Crippen LogP contribution in [0.15, 0.2) is 43.5 Å². The van der Waals surface area contributed by atoms with Crippen molar-refractivity contribution in [2.24, 2.45) is 0 Å². The molecular weight excluding hydrogens is 156 g/mol. The minimum absolute atomic E-state index is 1.32. The van der Waals surface area contributed by atoms with Gasteiger partial charge in [0.15, 0.2) is 0 Å². The van der Waals surface area contributed by atoms with Gasteiger partial charge < -0.3 is 0 Å². The maximum absolute atomic E-state index is 3.00. The van der Waals surface area contributed by atoms with Gasteiger partial charge in [0.25, 0.3) is 0 Å². The molecule has 0 aliphatic rings. The monoisotopic (exact) mass is 180 g/mol. The van der Waals surface area contributed by atoms with Crippen LogP contribution >= 0.6 is 0 Å². The Bertz CT molecular complexity index is 141. The van der Waals surface area contributed by atoms with Crippen molar-refractivity contribution in [1.29, 1.82) is 0 Å². The van der Waals surface area contributed by atoms with Gasteiger partial charge in [-0.1, -0.05) is 63.6 Å². The lowest BCUT2D eigenvalue weighted by Gasteiger charge is -1.82. The van der Waals surface area contributed by atoms with Crippen molar-refractivity contribution in [2.75, 3.05) is 0 Å². The molecule has 13 heavy (non-hydrogen) atoms. The Labute approximate surface area is 84.3 Å². The minimum atomic E-state index is 1.32. The first-order valence-corrected chi connectivity index (χ1v) is 4.91. The molecule has 0 heteroatoms. The largest absolute Gasteiger partial charge is 0.106 e. The number of benzene rings is 1. The highest BCUT2D eigenvalue weighted by molar-refractivity contribution is 5.11. The smallest absolute Gasteiger partial charge is 0.0398 e. The molecule has 1 aromatic carbocycles. The van der Waals surface area contributed by atoms with Crippen LogP contribution in [0.2, 0.25) is 0 Å². The summed E-state index contributed by atoms with van der Waals surface area (Å²) in [4.78, 5) is 0. The van der Waals surface area contributed by atoms with Crippen LogP contribution in [0.25, 0.3) is 0 Å². The van der Waals surface area contributed by atoms with E-state index in [-0.39, 0.29) is 0 Å². The molecule has 0 fully saturated rings. The third kappa shape index (κ3) is 18.2. The van der Waals surface area contributed by atoms with E-state index < -0.39 is 0 Å². The lowest BCUT2D eigenvalue weighted by molar-refractivity contribution is 1.48. The van der Waals surface area contributed by atoms with Crippen LogP contribution in [-0.4, -0.2) is 0 Å². The summed E-state index contributed by atoms with van der Waals surface area (Å²) in [7, 11) is 0. The molecule has 0 radical (unpaired) electrons. The fourth-order valence-electron chi connectivity index (χ4n) is 0.534. The third-order valence-corrected chi connectivity index (χ3v) is 0.940. The van der Waals surface area contributed by atoms with E-state index in [1.807, 2.05) is 45.9 Å². The van der Waals surface area contributed by atoms with Crippen molar-refractivity contribution in [3.63, 3.8) is 0 Å². The fourth-order valence-corrected chi connectivity index (χ4v) is 0.534. The molecule has 0 nitrogen and oxygen atoms in total. The van der Waals surface area contributed by atoms with Crippen LogP contribution in [0.5, 0.6) is 0 Å². The van der Waals surface area contributed by atoms with Crippen molar-refractivity contribution in [1.82, 2.24) is 0 Å². The number of aryl methyl sites for hydroxylation is 1. The number of hydrogen-bond donors (Lipinski definition) is 0. The number of rotatable bonds is 0. The van der Waals surface area contributed by atoms with Crippen molar-refractivity contribution >= 4 is 0 Å². The fraction of sp³-hybridized carbons (Fsp3) is 0.385. The van der Waals surface area contributed by atoms with E-state index in [1.54, 1.807) is 0 Å². The maximum Gasteiger partial charge on any atom is -0.0398 e. The van der Waals surface area contributed by atoms with Gasteiger partial charge in [-0.15, -0.1) is 13.2 Å². The van der Waals surface area contributed by atoms with Crippen molar-refractivity contribution < 1.29 is 0 Å². The van der Waals surface area contributed by atoms with Gasteiger partial charge in [0.05, 0.1) is 0 Å². The highest BCUT2D eigenvalue weighted by atomic mass is 13.8. The van der Waals surface area contributed by atoms with Crippen molar-refractivity contribution in [2.45, 2.75) is 34.6 Å². The summed E-state index contributed by atoms with van der Waals surface area (Å²) in [5, 5.41) is 0. The third-order valence-electron chi connectivity index (χ3n) is 0.940. The quantitative estimate of drug-likeness (QED) is 0.501. The average Bonchev–Trinajstić information content (AvgIpc) is 2.28. The highest BCUT2D eigenvalue weighted by Crippen LogP contribution is 1.92. The van der Waals surface area contributed by atoms with E-state index in [4.69, 9.17) is 0 Å². The second-order valence-corrected chi connectivity index (χ2v) is 1.65. The number of hydrogen-bond acceptors (Lipinski definition) is 0. The molecule has 0 aromatic heterocycles. The van der Waals surface area contributed by atoms with E-state index in [0.29, 0.717) is 0 Å². The Kier molecular flexibility index (Phi) is 30.9. The van der Waals surface area contributed by atoms with Gasteiger partial charge in [-0.3, -0.25) is 0 Å². The normalized spacial score (nSPS) is 5.92. The molecule has 0 spiro atoms. The lowest BCUT2D eigenvalue weighted by atomic mass is 10.2. The summed E-state index contributed by atoms with van der Waals surface area (Å²) in [6.07, 6.45) is 0. The standard InChI is InChI=1S/C7H8.2C2H6.C2H4/c1-7-5-3-2-4-6-7;3*1-2/h2-6H,1H3;2*1-2H3;1-2H2. The first-order valence-electron chi connectivity index (χ1n) is 4.91. The first-order chi connectivity index (χ1) is 6.39. The molecule has 0 bridgehead atoms. The topological polar surface area (TPSA) is 0 Å². The zero-order chi connectivity index (χ0) is 11.1. The summed E-state index contributed by atoms with van der Waals surface area (Å²) in [6.45, 7) is 16.1. The van der Waals surface area contributed by atoms with Crippen LogP contribution in [0.4, 0.5) is 0 Å². The minimum Gasteiger partial charge on any atom is -0.106 e. The molecule has 76 valence electrons. The van der Waals surface area contributed by atoms with Crippen LogP contribution < -0.4 is 0 Å². The molecule has 0 N–H and O–H groups in total. The van der Waals surface area contributed by atoms with Gasteiger partial charge in [0.2, 0.25) is 0 Å². The van der Waals surface area contributed by atoms with Crippen molar-refractivity contribution in [3.8, 4) is 0 Å². The van der Waals surface area contributed by atoms with E-state index in [2.05, 4.69) is 32.2 Å². The lowest BCUT2D eigenvalue weighted by Crippen LogP contribution is -1.62. The molecule has 0 unspecified atom stereocenters. The summed E-state index contributed by atoms with van der Waals surface area (Å²) < 4.78 is 0. The van der Waals surface area contributed by atoms with Crippen molar-refractivity contribution in [3.05, 3.63) is 49.1 Å². The Morgan fingerprint density at radius 2 is 1.08 bits per heavy atom. The van der Waals surface area contributed by atoms with E-state index in [1.165, 1.54) is 5.56 Å². The summed E-state index contributed by atoms with van der Waals surface area (Å²) >= 11 is 0. The van der Waals surface area contributed by atoms with Gasteiger partial charge in [-0.05, 0) is 6.92 Å². The van der Waals surface area contributed by atoms with Gasteiger partial charge in [0, 0.05) is 0 Å². The summed E-state index contributed by atoms with van der Waals surface area (Å²) in [6, 6.07) is 10.3. The summed E-state index contributed by atoms with van der Waals surface area (Å²) in [5.41, 5.74) is 1.32. The Morgan fingerprint density at radius 1 is 0.769 bits per heavy atom. The SMILES string of the molecule is C=C.CC.CC.Cc1ccccc1. The van der Waals surface area contributed by atoms with Crippen LogP contribution in [0.1, 0.15) is 33.3 Å². The first kappa shape index (κ1) is 17.9. The zero-order valence-electron chi connectivity index (χ0n) is 9.80. The predicted octanol–water partition coefficient (Wildman–Crippen LogP) is 4.85. The molecule has 0 saturated carbocycles. The van der Waals surface area contributed by atoms with E-state index in [9.17, 15) is 0 Å². The molecule has 0 aliphatic carbocycles. The highest BCUT2D eigenvalue weighted by Gasteiger charge is 1.72. The maximum atomic E-state index is 3.00. The second-order valence-electron chi connectivity index (χ2n) is 1.65. The van der Waals surface area contributed by atoms with Crippen LogP contribution in [0.3, 0.4) is 0 Å². The van der Waals surface area contributed by atoms with Crippen LogP contribution in [0, 0.1) is 6.92 Å².